The van der Waals surface area contributed by atoms with E-state index in [0.717, 1.165) is 19.5 Å². The Hall–Kier alpha value is -1.69. The summed E-state index contributed by atoms with van der Waals surface area (Å²) >= 11 is 0. The fraction of sp³-hybridized carbons (Fsp3) is 0.562. The standard InChI is InChI=1S/C16H20F2N2O2/c1-10(2)19-8-12-7-13(9-19)20(12)15(21)11-3-5-14(6-4-11)22-16(17)18/h3-6,10,12-13,16H,7-9H2,1-2H3. The second kappa shape index (κ2) is 5.83. The Bertz CT molecular complexity index is 536. The molecular weight excluding hydrogens is 290 g/mol. The van der Waals surface area contributed by atoms with Crippen LogP contribution in [0.5, 0.6) is 5.75 Å². The van der Waals surface area contributed by atoms with Crippen LogP contribution in [0.4, 0.5) is 8.78 Å². The van der Waals surface area contributed by atoms with Gasteiger partial charge in [-0.3, -0.25) is 9.69 Å². The molecule has 3 saturated heterocycles. The number of alkyl halides is 2. The third-order valence-electron chi connectivity index (χ3n) is 4.51. The van der Waals surface area contributed by atoms with E-state index >= 15 is 0 Å². The van der Waals surface area contributed by atoms with Crippen molar-refractivity contribution in [2.75, 3.05) is 13.1 Å². The minimum absolute atomic E-state index is 0.0201. The topological polar surface area (TPSA) is 32.8 Å². The van der Waals surface area contributed by atoms with E-state index in [1.54, 1.807) is 12.1 Å². The number of amides is 1. The van der Waals surface area contributed by atoms with Gasteiger partial charge < -0.3 is 9.64 Å². The fourth-order valence-electron chi connectivity index (χ4n) is 3.32. The largest absolute Gasteiger partial charge is 0.435 e. The zero-order valence-corrected chi connectivity index (χ0v) is 12.7. The van der Waals surface area contributed by atoms with Crippen molar-refractivity contribution in [3.05, 3.63) is 29.8 Å². The van der Waals surface area contributed by atoms with Gasteiger partial charge in [0, 0.05) is 36.8 Å². The maximum absolute atomic E-state index is 12.6. The normalized spacial score (nSPS) is 24.5. The van der Waals surface area contributed by atoms with E-state index in [-0.39, 0.29) is 23.7 Å². The van der Waals surface area contributed by atoms with E-state index < -0.39 is 6.61 Å². The molecule has 1 aromatic carbocycles. The molecule has 1 amide bonds. The van der Waals surface area contributed by atoms with Gasteiger partial charge in [0.25, 0.3) is 5.91 Å². The quantitative estimate of drug-likeness (QED) is 0.857. The van der Waals surface area contributed by atoms with Gasteiger partial charge >= 0.3 is 6.61 Å². The summed E-state index contributed by atoms with van der Waals surface area (Å²) in [5, 5.41) is 0. The molecule has 2 atom stereocenters. The van der Waals surface area contributed by atoms with Crippen molar-refractivity contribution in [1.29, 1.82) is 0 Å². The first-order chi connectivity index (χ1) is 10.5. The molecule has 0 aromatic heterocycles. The monoisotopic (exact) mass is 310 g/mol. The van der Waals surface area contributed by atoms with Gasteiger partial charge in [-0.2, -0.15) is 8.78 Å². The summed E-state index contributed by atoms with van der Waals surface area (Å²) in [5.74, 6) is 0.0505. The molecule has 4 rings (SSSR count). The number of nitrogens with zero attached hydrogens (tertiary/aromatic N) is 2. The number of piperidine rings is 1. The summed E-state index contributed by atoms with van der Waals surface area (Å²) in [6, 6.07) is 6.96. The lowest BCUT2D eigenvalue weighted by Gasteiger charge is -2.57. The number of ether oxygens (including phenoxy) is 1. The van der Waals surface area contributed by atoms with Crippen LogP contribution in [0.1, 0.15) is 30.6 Å². The van der Waals surface area contributed by atoms with Gasteiger partial charge in [-0.05, 0) is 44.5 Å². The summed E-state index contributed by atoms with van der Waals surface area (Å²) in [6.07, 6.45) is 1.06. The third kappa shape index (κ3) is 2.79. The second-order valence-electron chi connectivity index (χ2n) is 6.21. The predicted molar refractivity (Wildman–Crippen MR) is 78.1 cm³/mol. The number of rotatable bonds is 4. The highest BCUT2D eigenvalue weighted by molar-refractivity contribution is 5.95. The first-order valence-corrected chi connectivity index (χ1v) is 7.57. The van der Waals surface area contributed by atoms with Crippen LogP contribution in [0.25, 0.3) is 0 Å². The fourth-order valence-corrected chi connectivity index (χ4v) is 3.32. The van der Waals surface area contributed by atoms with Gasteiger partial charge in [-0.1, -0.05) is 0 Å². The first-order valence-electron chi connectivity index (χ1n) is 7.57. The Morgan fingerprint density at radius 3 is 2.27 bits per heavy atom. The smallest absolute Gasteiger partial charge is 0.387 e. The Morgan fingerprint density at radius 2 is 1.77 bits per heavy atom. The summed E-state index contributed by atoms with van der Waals surface area (Å²) in [4.78, 5) is 16.9. The molecule has 2 bridgehead atoms. The van der Waals surface area contributed by atoms with E-state index in [9.17, 15) is 13.6 Å². The Morgan fingerprint density at radius 1 is 1.18 bits per heavy atom. The van der Waals surface area contributed by atoms with Gasteiger partial charge in [0.15, 0.2) is 0 Å². The first kappa shape index (κ1) is 15.2. The second-order valence-corrected chi connectivity index (χ2v) is 6.21. The molecule has 3 fully saturated rings. The molecule has 3 aliphatic rings. The average molecular weight is 310 g/mol. The molecule has 120 valence electrons. The summed E-state index contributed by atoms with van der Waals surface area (Å²) < 4.78 is 28.6. The van der Waals surface area contributed by atoms with Crippen molar-refractivity contribution >= 4 is 5.91 Å². The lowest BCUT2D eigenvalue weighted by Crippen LogP contribution is -2.70. The van der Waals surface area contributed by atoms with Gasteiger partial charge in [0.05, 0.1) is 0 Å². The van der Waals surface area contributed by atoms with Crippen molar-refractivity contribution in [2.24, 2.45) is 0 Å². The summed E-state index contributed by atoms with van der Waals surface area (Å²) in [6.45, 7) is 3.30. The molecule has 0 N–H and O–H groups in total. The Labute approximate surface area is 128 Å². The van der Waals surface area contributed by atoms with Crippen LogP contribution in [-0.2, 0) is 0 Å². The zero-order valence-electron chi connectivity index (χ0n) is 12.7. The Kier molecular flexibility index (Phi) is 4.04. The Balaban J connectivity index is 1.66. The van der Waals surface area contributed by atoms with Crippen LogP contribution < -0.4 is 4.74 Å². The molecule has 3 aliphatic heterocycles. The predicted octanol–water partition coefficient (Wildman–Crippen LogP) is 2.60. The molecule has 2 unspecified atom stereocenters. The average Bonchev–Trinajstić information content (AvgIpc) is 2.47. The molecule has 22 heavy (non-hydrogen) atoms. The SMILES string of the molecule is CC(C)N1CC2CC(C1)N2C(=O)c1ccc(OC(F)F)cc1. The molecular formula is C16H20F2N2O2. The van der Waals surface area contributed by atoms with Crippen molar-refractivity contribution < 1.29 is 18.3 Å². The molecule has 6 heteroatoms. The molecule has 3 heterocycles. The minimum atomic E-state index is -2.85. The van der Waals surface area contributed by atoms with Gasteiger partial charge in [0.2, 0.25) is 0 Å². The van der Waals surface area contributed by atoms with Crippen LogP contribution in [0.2, 0.25) is 0 Å². The third-order valence-corrected chi connectivity index (χ3v) is 4.51. The van der Waals surface area contributed by atoms with Crippen LogP contribution in [0.15, 0.2) is 24.3 Å². The number of halogens is 2. The van der Waals surface area contributed by atoms with Gasteiger partial charge in [-0.25, -0.2) is 0 Å². The van der Waals surface area contributed by atoms with E-state index in [4.69, 9.17) is 0 Å². The van der Waals surface area contributed by atoms with Gasteiger partial charge in [0.1, 0.15) is 5.75 Å². The highest BCUT2D eigenvalue weighted by Crippen LogP contribution is 2.34. The minimum Gasteiger partial charge on any atom is -0.435 e. The van der Waals surface area contributed by atoms with Crippen LogP contribution in [0.3, 0.4) is 0 Å². The number of carbonyl (C=O) groups is 1. The molecule has 0 spiro atoms. The number of hydrogen-bond acceptors (Lipinski definition) is 3. The van der Waals surface area contributed by atoms with Crippen molar-refractivity contribution in [2.45, 2.75) is 45.0 Å². The van der Waals surface area contributed by atoms with E-state index in [2.05, 4.69) is 23.5 Å². The molecule has 0 aliphatic carbocycles. The number of carbonyl (C=O) groups excluding carboxylic acids is 1. The molecule has 0 radical (unpaired) electrons. The maximum atomic E-state index is 12.6. The molecule has 1 aromatic rings. The van der Waals surface area contributed by atoms with E-state index in [1.165, 1.54) is 12.1 Å². The lowest BCUT2D eigenvalue weighted by molar-refractivity contribution is -0.0563. The van der Waals surface area contributed by atoms with E-state index in [1.807, 2.05) is 4.90 Å². The number of piperazine rings is 1. The van der Waals surface area contributed by atoms with Crippen molar-refractivity contribution in [1.82, 2.24) is 9.80 Å². The van der Waals surface area contributed by atoms with Crippen molar-refractivity contribution in [3.8, 4) is 5.75 Å². The summed E-state index contributed by atoms with van der Waals surface area (Å²) in [7, 11) is 0. The number of hydrogen-bond donors (Lipinski definition) is 0. The van der Waals surface area contributed by atoms with Crippen molar-refractivity contribution in [3.63, 3.8) is 0 Å². The zero-order chi connectivity index (χ0) is 15.9. The number of benzene rings is 1. The van der Waals surface area contributed by atoms with Gasteiger partial charge in [-0.15, -0.1) is 0 Å². The highest BCUT2D eigenvalue weighted by Gasteiger charge is 2.47. The van der Waals surface area contributed by atoms with Crippen LogP contribution in [0, 0.1) is 0 Å². The van der Waals surface area contributed by atoms with E-state index in [0.29, 0.717) is 11.6 Å². The van der Waals surface area contributed by atoms with Crippen LogP contribution in [-0.4, -0.2) is 53.5 Å². The highest BCUT2D eigenvalue weighted by atomic mass is 19.3. The maximum Gasteiger partial charge on any atom is 0.387 e. The van der Waals surface area contributed by atoms with Crippen LogP contribution >= 0.6 is 0 Å². The summed E-state index contributed by atoms with van der Waals surface area (Å²) in [5.41, 5.74) is 0.523. The molecule has 0 saturated carbocycles. The lowest BCUT2D eigenvalue weighted by atomic mass is 9.86. The molecule has 4 nitrogen and oxygen atoms in total. The number of fused-ring (bicyclic) bond motifs is 2.